The number of aryl methyl sites for hydroxylation is 1. The van der Waals surface area contributed by atoms with E-state index in [4.69, 9.17) is 5.11 Å². The molecule has 1 fully saturated rings. The van der Waals surface area contributed by atoms with Crippen molar-refractivity contribution in [2.45, 2.75) is 26.3 Å². The quantitative estimate of drug-likeness (QED) is 0.865. The first kappa shape index (κ1) is 15.5. The smallest absolute Gasteiger partial charge is 0.308 e. The van der Waals surface area contributed by atoms with Gasteiger partial charge in [-0.25, -0.2) is 0 Å². The highest BCUT2D eigenvalue weighted by Crippen LogP contribution is 2.25. The van der Waals surface area contributed by atoms with E-state index in [1.54, 1.807) is 0 Å². The van der Waals surface area contributed by atoms with Crippen molar-refractivity contribution >= 4 is 11.9 Å². The van der Waals surface area contributed by atoms with E-state index >= 15 is 0 Å². The average Bonchev–Trinajstić information content (AvgIpc) is 2.47. The molecule has 2 atom stereocenters. The van der Waals surface area contributed by atoms with Gasteiger partial charge in [-0.2, -0.15) is 0 Å². The lowest BCUT2D eigenvalue weighted by Gasteiger charge is -2.34. The molecule has 1 saturated heterocycles. The summed E-state index contributed by atoms with van der Waals surface area (Å²) in [6.45, 7) is 3.68. The molecular formula is C16H21NO4. The topological polar surface area (TPSA) is 77.8 Å². The fraction of sp³-hybridized carbons (Fsp3) is 0.500. The van der Waals surface area contributed by atoms with Crippen LogP contribution in [-0.4, -0.2) is 40.1 Å². The summed E-state index contributed by atoms with van der Waals surface area (Å²) in [6, 6.07) is 8.26. The number of carbonyl (C=O) groups is 2. The molecule has 0 amide bonds. The maximum Gasteiger partial charge on any atom is 0.308 e. The van der Waals surface area contributed by atoms with Gasteiger partial charge >= 0.3 is 11.9 Å². The van der Waals surface area contributed by atoms with Crippen LogP contribution >= 0.6 is 0 Å². The van der Waals surface area contributed by atoms with Gasteiger partial charge in [0.1, 0.15) is 0 Å². The molecule has 1 aromatic rings. The Morgan fingerprint density at radius 2 is 1.67 bits per heavy atom. The lowest BCUT2D eigenvalue weighted by molar-refractivity contribution is -0.157. The number of hydrogen-bond donors (Lipinski definition) is 2. The highest BCUT2D eigenvalue weighted by molar-refractivity contribution is 5.80. The zero-order valence-corrected chi connectivity index (χ0v) is 12.2. The number of hydrogen-bond acceptors (Lipinski definition) is 3. The molecule has 0 saturated carbocycles. The summed E-state index contributed by atoms with van der Waals surface area (Å²) in [7, 11) is 0. The predicted octanol–water partition coefficient (Wildman–Crippen LogP) is 1.86. The number of rotatable bonds is 5. The molecule has 21 heavy (non-hydrogen) atoms. The molecule has 1 aromatic carbocycles. The normalized spacial score (nSPS) is 22.9. The van der Waals surface area contributed by atoms with E-state index in [9.17, 15) is 14.7 Å². The number of likely N-dealkylation sites (tertiary alicyclic amines) is 1. The summed E-state index contributed by atoms with van der Waals surface area (Å²) in [5, 5.41) is 18.3. The van der Waals surface area contributed by atoms with Crippen LogP contribution in [0.15, 0.2) is 24.3 Å². The molecule has 1 heterocycles. The summed E-state index contributed by atoms with van der Waals surface area (Å²) in [4.78, 5) is 24.4. The fourth-order valence-corrected chi connectivity index (χ4v) is 2.85. The first-order chi connectivity index (χ1) is 10.0. The maximum absolute atomic E-state index is 11.3. The molecule has 0 bridgehead atoms. The number of piperidine rings is 1. The number of aliphatic carboxylic acids is 2. The first-order valence-electron chi connectivity index (χ1n) is 7.27. The van der Waals surface area contributed by atoms with Gasteiger partial charge in [0, 0.05) is 13.1 Å². The Hall–Kier alpha value is -1.88. The van der Waals surface area contributed by atoms with Crippen LogP contribution in [0.2, 0.25) is 0 Å². The van der Waals surface area contributed by atoms with Crippen molar-refractivity contribution in [1.29, 1.82) is 0 Å². The predicted molar refractivity (Wildman–Crippen MR) is 78.0 cm³/mol. The van der Waals surface area contributed by atoms with Gasteiger partial charge in [0.05, 0.1) is 11.8 Å². The molecule has 1 aliphatic rings. The number of carboxylic acids is 2. The number of benzene rings is 1. The van der Waals surface area contributed by atoms with Gasteiger partial charge in [0.25, 0.3) is 0 Å². The third-order valence-electron chi connectivity index (χ3n) is 4.17. The molecule has 5 nitrogen and oxygen atoms in total. The van der Waals surface area contributed by atoms with E-state index < -0.39 is 23.8 Å². The van der Waals surface area contributed by atoms with E-state index in [2.05, 4.69) is 31.2 Å². The third-order valence-corrected chi connectivity index (χ3v) is 4.17. The van der Waals surface area contributed by atoms with Crippen molar-refractivity contribution in [3.63, 3.8) is 0 Å². The van der Waals surface area contributed by atoms with Gasteiger partial charge in [-0.3, -0.25) is 14.5 Å². The Bertz CT molecular complexity index is 512. The van der Waals surface area contributed by atoms with Crippen LogP contribution in [0.4, 0.5) is 0 Å². The fourth-order valence-electron chi connectivity index (χ4n) is 2.85. The molecule has 114 valence electrons. The molecule has 1 aliphatic heterocycles. The molecule has 0 radical (unpaired) electrons. The molecule has 0 aromatic heterocycles. The van der Waals surface area contributed by atoms with E-state index in [0.29, 0.717) is 26.1 Å². The summed E-state index contributed by atoms with van der Waals surface area (Å²) in [5.74, 6) is -3.63. The number of nitrogens with zero attached hydrogens (tertiary/aromatic N) is 1. The molecule has 2 rings (SSSR count). The van der Waals surface area contributed by atoms with Crippen LogP contribution in [0.25, 0.3) is 0 Å². The molecule has 5 heteroatoms. The number of carboxylic acid groups (broad SMARTS) is 2. The molecule has 2 unspecified atom stereocenters. The van der Waals surface area contributed by atoms with Gasteiger partial charge in [-0.15, -0.1) is 0 Å². The van der Waals surface area contributed by atoms with Crippen molar-refractivity contribution in [1.82, 2.24) is 4.90 Å². The van der Waals surface area contributed by atoms with Gasteiger partial charge < -0.3 is 10.2 Å². The first-order valence-corrected chi connectivity index (χ1v) is 7.27. The summed E-state index contributed by atoms with van der Waals surface area (Å²) in [5.41, 5.74) is 2.40. The largest absolute Gasteiger partial charge is 0.481 e. The van der Waals surface area contributed by atoms with Gasteiger partial charge in [-0.05, 0) is 30.5 Å². The zero-order valence-electron chi connectivity index (χ0n) is 12.2. The van der Waals surface area contributed by atoms with E-state index in [-0.39, 0.29) is 0 Å². The van der Waals surface area contributed by atoms with E-state index in [1.165, 1.54) is 5.56 Å². The average molecular weight is 291 g/mol. The Balaban J connectivity index is 2.01. The van der Waals surface area contributed by atoms with Crippen LogP contribution in [-0.2, 0) is 22.6 Å². The molecule has 2 N–H and O–H groups in total. The van der Waals surface area contributed by atoms with Gasteiger partial charge in [-0.1, -0.05) is 31.2 Å². The third kappa shape index (κ3) is 3.82. The second-order valence-corrected chi connectivity index (χ2v) is 5.58. The van der Waals surface area contributed by atoms with Crippen LogP contribution in [0.3, 0.4) is 0 Å². The maximum atomic E-state index is 11.3. The minimum atomic E-state index is -1.02. The lowest BCUT2D eigenvalue weighted by atomic mass is 9.85. The van der Waals surface area contributed by atoms with Crippen LogP contribution in [0, 0.1) is 11.8 Å². The Morgan fingerprint density at radius 1 is 1.10 bits per heavy atom. The summed E-state index contributed by atoms with van der Waals surface area (Å²) in [6.07, 6.45) is 1.38. The van der Waals surface area contributed by atoms with Gasteiger partial charge in [0.2, 0.25) is 0 Å². The monoisotopic (exact) mass is 291 g/mol. The van der Waals surface area contributed by atoms with E-state index in [1.807, 2.05) is 4.90 Å². The lowest BCUT2D eigenvalue weighted by Crippen LogP contribution is -2.46. The summed E-state index contributed by atoms with van der Waals surface area (Å²) >= 11 is 0. The van der Waals surface area contributed by atoms with Crippen molar-refractivity contribution in [3.05, 3.63) is 35.4 Å². The van der Waals surface area contributed by atoms with Crippen LogP contribution < -0.4 is 0 Å². The Labute approximate surface area is 124 Å². The summed E-state index contributed by atoms with van der Waals surface area (Å²) < 4.78 is 0. The molecular weight excluding hydrogens is 270 g/mol. The Morgan fingerprint density at radius 3 is 2.19 bits per heavy atom. The van der Waals surface area contributed by atoms with Crippen LogP contribution in [0.5, 0.6) is 0 Å². The second-order valence-electron chi connectivity index (χ2n) is 5.58. The SMILES string of the molecule is CCc1ccc(CN2CCC(C(=O)O)C(C(=O)O)C2)cc1. The zero-order chi connectivity index (χ0) is 15.4. The molecule has 0 aliphatic carbocycles. The van der Waals surface area contributed by atoms with Crippen molar-refractivity contribution in [3.8, 4) is 0 Å². The minimum Gasteiger partial charge on any atom is -0.481 e. The second kappa shape index (κ2) is 6.72. The highest BCUT2D eigenvalue weighted by atomic mass is 16.4. The minimum absolute atomic E-state index is 0.293. The van der Waals surface area contributed by atoms with Gasteiger partial charge in [0.15, 0.2) is 0 Å². The van der Waals surface area contributed by atoms with Crippen LogP contribution in [0.1, 0.15) is 24.5 Å². The van der Waals surface area contributed by atoms with Crippen molar-refractivity contribution in [2.75, 3.05) is 13.1 Å². The highest BCUT2D eigenvalue weighted by Gasteiger charge is 2.38. The van der Waals surface area contributed by atoms with E-state index in [0.717, 1.165) is 12.0 Å². The molecule has 0 spiro atoms. The van der Waals surface area contributed by atoms with Crippen molar-refractivity contribution < 1.29 is 19.8 Å². The standard InChI is InChI=1S/C16H21NO4/c1-2-11-3-5-12(6-4-11)9-17-8-7-13(15(18)19)14(10-17)16(20)21/h3-6,13-14H,2,7-10H2,1H3,(H,18,19)(H,20,21). The Kier molecular flexibility index (Phi) is 4.96. The van der Waals surface area contributed by atoms with Crippen molar-refractivity contribution in [2.24, 2.45) is 11.8 Å².